The third-order valence-corrected chi connectivity index (χ3v) is 2.99. The lowest BCUT2D eigenvalue weighted by atomic mass is 9.89. The van der Waals surface area contributed by atoms with Gasteiger partial charge in [0.15, 0.2) is 0 Å². The third kappa shape index (κ3) is 4.01. The monoisotopic (exact) mass is 247 g/mol. The number of ether oxygens (including phenoxy) is 1. The van der Waals surface area contributed by atoms with E-state index in [1.165, 1.54) is 0 Å². The number of hydrogen-bond acceptors (Lipinski definition) is 4. The van der Waals surface area contributed by atoms with E-state index in [2.05, 4.69) is 30.2 Å². The molecule has 1 rings (SSSR count). The molecule has 0 aliphatic rings. The van der Waals surface area contributed by atoms with E-state index >= 15 is 0 Å². The Morgan fingerprint density at radius 1 is 1.50 bits per heavy atom. The Kier molecular flexibility index (Phi) is 5.11. The van der Waals surface area contributed by atoms with Crippen LogP contribution < -0.4 is 5.32 Å². The van der Waals surface area contributed by atoms with Crippen LogP contribution in [0.25, 0.3) is 0 Å². The first kappa shape index (κ1) is 14.5. The van der Waals surface area contributed by atoms with E-state index < -0.39 is 0 Å². The zero-order valence-electron chi connectivity index (χ0n) is 11.6. The Labute approximate surface area is 109 Å². The zero-order chi connectivity index (χ0) is 13.6. The number of pyridine rings is 1. The minimum atomic E-state index is 0.105. The molecule has 4 nitrogen and oxygen atoms in total. The molecule has 0 unspecified atom stereocenters. The molecular formula is C14H21N3O. The highest BCUT2D eigenvalue weighted by molar-refractivity contribution is 5.55. The number of nitriles is 1. The van der Waals surface area contributed by atoms with Crippen LogP contribution in [0.5, 0.6) is 0 Å². The summed E-state index contributed by atoms with van der Waals surface area (Å²) in [7, 11) is 1.71. The number of rotatable bonds is 6. The van der Waals surface area contributed by atoms with Gasteiger partial charge in [0, 0.05) is 26.5 Å². The Balaban J connectivity index is 2.69. The first-order chi connectivity index (χ1) is 8.50. The number of nitrogens with one attached hydrogen (secondary N) is 1. The lowest BCUT2D eigenvalue weighted by Crippen LogP contribution is -2.25. The first-order valence-corrected chi connectivity index (χ1v) is 6.09. The molecule has 0 aliphatic heterocycles. The molecule has 0 saturated heterocycles. The highest BCUT2D eigenvalue weighted by atomic mass is 16.5. The summed E-state index contributed by atoms with van der Waals surface area (Å²) in [6.45, 7) is 7.76. The lowest BCUT2D eigenvalue weighted by molar-refractivity contribution is 0.157. The van der Waals surface area contributed by atoms with Crippen LogP contribution in [0.15, 0.2) is 12.3 Å². The molecule has 1 heterocycles. The Morgan fingerprint density at radius 3 is 2.83 bits per heavy atom. The summed E-state index contributed by atoms with van der Waals surface area (Å²) in [5, 5.41) is 12.4. The van der Waals surface area contributed by atoms with Gasteiger partial charge in [-0.2, -0.15) is 5.26 Å². The number of nitrogens with zero attached hydrogens (tertiary/aromatic N) is 2. The smallest absolute Gasteiger partial charge is 0.144 e. The summed E-state index contributed by atoms with van der Waals surface area (Å²) in [5.74, 6) is 0.669. The van der Waals surface area contributed by atoms with Crippen molar-refractivity contribution in [1.82, 2.24) is 4.98 Å². The maximum Gasteiger partial charge on any atom is 0.144 e. The summed E-state index contributed by atoms with van der Waals surface area (Å²) >= 11 is 0. The molecule has 0 aromatic carbocycles. The predicted octanol–water partition coefficient (Wildman–Crippen LogP) is 2.74. The van der Waals surface area contributed by atoms with Gasteiger partial charge < -0.3 is 10.1 Å². The fourth-order valence-electron chi connectivity index (χ4n) is 1.62. The molecule has 1 aromatic heterocycles. The van der Waals surface area contributed by atoms with Gasteiger partial charge >= 0.3 is 0 Å². The van der Waals surface area contributed by atoms with E-state index in [9.17, 15) is 0 Å². The summed E-state index contributed by atoms with van der Waals surface area (Å²) < 4.78 is 5.10. The van der Waals surface area contributed by atoms with Crippen molar-refractivity contribution in [2.45, 2.75) is 27.2 Å². The van der Waals surface area contributed by atoms with E-state index in [1.807, 2.05) is 13.0 Å². The van der Waals surface area contributed by atoms with Gasteiger partial charge in [-0.25, -0.2) is 4.98 Å². The molecule has 98 valence electrons. The number of aromatic nitrogens is 1. The van der Waals surface area contributed by atoms with E-state index in [4.69, 9.17) is 10.00 Å². The molecule has 0 saturated carbocycles. The maximum absolute atomic E-state index is 9.12. The van der Waals surface area contributed by atoms with Crippen LogP contribution >= 0.6 is 0 Å². The van der Waals surface area contributed by atoms with Gasteiger partial charge in [-0.3, -0.25) is 0 Å². The van der Waals surface area contributed by atoms with Crippen LogP contribution in [-0.2, 0) is 4.74 Å². The molecule has 0 radical (unpaired) electrons. The molecule has 0 fully saturated rings. The van der Waals surface area contributed by atoms with Crippen LogP contribution in [0.4, 0.5) is 5.82 Å². The van der Waals surface area contributed by atoms with E-state index in [1.54, 1.807) is 13.3 Å². The molecule has 0 amide bonds. The molecule has 0 atom stereocenters. The molecular weight excluding hydrogens is 226 g/mol. The van der Waals surface area contributed by atoms with Gasteiger partial charge in [-0.15, -0.1) is 0 Å². The van der Waals surface area contributed by atoms with E-state index in [-0.39, 0.29) is 5.41 Å². The number of anilines is 1. The van der Waals surface area contributed by atoms with Crippen molar-refractivity contribution < 1.29 is 4.74 Å². The van der Waals surface area contributed by atoms with Crippen molar-refractivity contribution >= 4 is 5.82 Å². The molecule has 1 N–H and O–H groups in total. The number of hydrogen-bond donors (Lipinski definition) is 1. The summed E-state index contributed by atoms with van der Waals surface area (Å²) in [5.41, 5.74) is 1.68. The Bertz CT molecular complexity index is 435. The fourth-order valence-corrected chi connectivity index (χ4v) is 1.62. The van der Waals surface area contributed by atoms with Gasteiger partial charge in [0.1, 0.15) is 11.9 Å². The van der Waals surface area contributed by atoms with E-state index in [0.29, 0.717) is 11.4 Å². The maximum atomic E-state index is 9.12. The molecule has 0 aliphatic carbocycles. The largest absolute Gasteiger partial charge is 0.385 e. The highest BCUT2D eigenvalue weighted by Gasteiger charge is 2.18. The van der Waals surface area contributed by atoms with Gasteiger partial charge in [-0.05, 0) is 30.4 Å². The van der Waals surface area contributed by atoms with Gasteiger partial charge in [-0.1, -0.05) is 13.8 Å². The predicted molar refractivity (Wildman–Crippen MR) is 72.5 cm³/mol. The highest BCUT2D eigenvalue weighted by Crippen LogP contribution is 2.22. The van der Waals surface area contributed by atoms with Gasteiger partial charge in [0.25, 0.3) is 0 Å². The van der Waals surface area contributed by atoms with Crippen LogP contribution in [0.1, 0.15) is 31.4 Å². The second-order valence-electron chi connectivity index (χ2n) is 5.22. The van der Waals surface area contributed by atoms with Crippen LogP contribution in [0.2, 0.25) is 0 Å². The fraction of sp³-hybridized carbons (Fsp3) is 0.571. The van der Waals surface area contributed by atoms with Crippen molar-refractivity contribution in [1.29, 1.82) is 5.26 Å². The number of methoxy groups -OCH3 is 1. The van der Waals surface area contributed by atoms with Crippen molar-refractivity contribution in [3.05, 3.63) is 23.4 Å². The Morgan fingerprint density at radius 2 is 2.22 bits per heavy atom. The van der Waals surface area contributed by atoms with Crippen LogP contribution in [0.3, 0.4) is 0 Å². The summed E-state index contributed by atoms with van der Waals surface area (Å²) in [6.07, 6.45) is 2.69. The SMILES string of the molecule is COCCC(C)(C)CNc1nccc(C)c1C#N. The minimum Gasteiger partial charge on any atom is -0.385 e. The Hall–Kier alpha value is -1.60. The minimum absolute atomic E-state index is 0.105. The molecule has 1 aromatic rings. The summed E-state index contributed by atoms with van der Waals surface area (Å²) in [6, 6.07) is 4.04. The zero-order valence-corrected chi connectivity index (χ0v) is 11.6. The second kappa shape index (κ2) is 6.36. The van der Waals surface area contributed by atoms with Crippen molar-refractivity contribution in [2.75, 3.05) is 25.6 Å². The molecule has 18 heavy (non-hydrogen) atoms. The molecule has 4 heteroatoms. The van der Waals surface area contributed by atoms with E-state index in [0.717, 1.165) is 25.1 Å². The normalized spacial score (nSPS) is 11.1. The van der Waals surface area contributed by atoms with Crippen molar-refractivity contribution in [3.63, 3.8) is 0 Å². The molecule has 0 spiro atoms. The van der Waals surface area contributed by atoms with Crippen LogP contribution in [0, 0.1) is 23.7 Å². The lowest BCUT2D eigenvalue weighted by Gasteiger charge is -2.25. The van der Waals surface area contributed by atoms with Crippen molar-refractivity contribution in [3.8, 4) is 6.07 Å². The standard InChI is InChI=1S/C14H21N3O/c1-11-5-7-16-13(12(11)9-15)17-10-14(2,3)6-8-18-4/h5,7H,6,8,10H2,1-4H3,(H,16,17). The van der Waals surface area contributed by atoms with Gasteiger partial charge in [0.05, 0.1) is 5.56 Å². The quantitative estimate of drug-likeness (QED) is 0.839. The van der Waals surface area contributed by atoms with Gasteiger partial charge in [0.2, 0.25) is 0 Å². The summed E-state index contributed by atoms with van der Waals surface area (Å²) in [4.78, 5) is 4.23. The van der Waals surface area contributed by atoms with Crippen molar-refractivity contribution in [2.24, 2.45) is 5.41 Å². The average Bonchev–Trinajstić information content (AvgIpc) is 2.34. The second-order valence-corrected chi connectivity index (χ2v) is 5.22. The third-order valence-electron chi connectivity index (χ3n) is 2.99. The topological polar surface area (TPSA) is 57.9 Å². The average molecular weight is 247 g/mol. The molecule has 0 bridgehead atoms. The van der Waals surface area contributed by atoms with Crippen LogP contribution in [-0.4, -0.2) is 25.2 Å². The number of aryl methyl sites for hydroxylation is 1. The first-order valence-electron chi connectivity index (χ1n) is 6.09.